The minimum atomic E-state index is -0.706. The summed E-state index contributed by atoms with van der Waals surface area (Å²) in [6.45, 7) is 2.12. The Kier molecular flexibility index (Phi) is 4.58. The van der Waals surface area contributed by atoms with Gasteiger partial charge in [-0.05, 0) is 6.92 Å². The van der Waals surface area contributed by atoms with E-state index in [0.29, 0.717) is 6.54 Å². The van der Waals surface area contributed by atoms with E-state index < -0.39 is 10.6 Å². The van der Waals surface area contributed by atoms with Gasteiger partial charge in [0.25, 0.3) is 0 Å². The topological polar surface area (TPSA) is 110 Å². The fourth-order valence-electron chi connectivity index (χ4n) is 1.07. The van der Waals surface area contributed by atoms with Crippen LogP contribution in [0.4, 0.5) is 11.5 Å². The van der Waals surface area contributed by atoms with E-state index >= 15 is 0 Å². The second-order valence-electron chi connectivity index (χ2n) is 2.93. The molecule has 17 heavy (non-hydrogen) atoms. The minimum Gasteiger partial charge on any atom is -0.355 e. The van der Waals surface area contributed by atoms with Crippen LogP contribution in [-0.4, -0.2) is 33.9 Å². The average molecular weight is 260 g/mol. The SMILES string of the molecule is CCNC(=O)CNc1ncnc(Cl)c1[N+](=O)[O-]. The molecule has 0 aliphatic heterocycles. The van der Waals surface area contributed by atoms with Gasteiger partial charge in [0, 0.05) is 6.54 Å². The highest BCUT2D eigenvalue weighted by Crippen LogP contribution is 2.27. The fraction of sp³-hybridized carbons (Fsp3) is 0.375. The summed E-state index contributed by atoms with van der Waals surface area (Å²) in [4.78, 5) is 28.3. The van der Waals surface area contributed by atoms with Gasteiger partial charge in [0.05, 0.1) is 11.5 Å². The standard InChI is InChI=1S/C8H10ClN5O3/c1-2-10-5(15)3-11-8-6(14(16)17)7(9)12-4-13-8/h4H,2-3H2,1H3,(H,10,15)(H,11,12,13). The average Bonchev–Trinajstić information content (AvgIpc) is 2.26. The number of halogens is 1. The first-order valence-electron chi connectivity index (χ1n) is 4.71. The number of likely N-dealkylation sites (N-methyl/N-ethyl adjacent to an activating group) is 1. The molecule has 1 aromatic rings. The Morgan fingerprint density at radius 1 is 1.59 bits per heavy atom. The summed E-state index contributed by atoms with van der Waals surface area (Å²) in [7, 11) is 0. The largest absolute Gasteiger partial charge is 0.355 e. The molecule has 0 bridgehead atoms. The summed E-state index contributed by atoms with van der Waals surface area (Å²) in [5.74, 6) is -0.377. The molecule has 1 amide bonds. The molecule has 0 saturated carbocycles. The summed E-state index contributed by atoms with van der Waals surface area (Å²) >= 11 is 5.57. The maximum atomic E-state index is 11.2. The van der Waals surface area contributed by atoms with E-state index in [2.05, 4.69) is 20.6 Å². The number of carbonyl (C=O) groups is 1. The van der Waals surface area contributed by atoms with Crippen molar-refractivity contribution in [2.24, 2.45) is 0 Å². The van der Waals surface area contributed by atoms with Crippen molar-refractivity contribution in [2.45, 2.75) is 6.92 Å². The van der Waals surface area contributed by atoms with Crippen LogP contribution in [0.1, 0.15) is 6.92 Å². The van der Waals surface area contributed by atoms with Gasteiger partial charge >= 0.3 is 5.69 Å². The lowest BCUT2D eigenvalue weighted by Gasteiger charge is -2.06. The second kappa shape index (κ2) is 5.94. The highest BCUT2D eigenvalue weighted by atomic mass is 35.5. The molecule has 1 rings (SSSR count). The molecular weight excluding hydrogens is 250 g/mol. The lowest BCUT2D eigenvalue weighted by molar-refractivity contribution is -0.384. The number of rotatable bonds is 5. The Labute approximate surface area is 102 Å². The Morgan fingerprint density at radius 2 is 2.29 bits per heavy atom. The quantitative estimate of drug-likeness (QED) is 0.455. The third-order valence-electron chi connectivity index (χ3n) is 1.75. The molecule has 0 spiro atoms. The molecule has 0 aliphatic rings. The number of hydrogen-bond acceptors (Lipinski definition) is 6. The lowest BCUT2D eigenvalue weighted by Crippen LogP contribution is -2.29. The molecule has 0 fully saturated rings. The van der Waals surface area contributed by atoms with Gasteiger partial charge in [0.2, 0.25) is 16.9 Å². The molecule has 0 radical (unpaired) electrons. The molecule has 0 aromatic carbocycles. The molecule has 1 heterocycles. The highest BCUT2D eigenvalue weighted by molar-refractivity contribution is 6.31. The minimum absolute atomic E-state index is 0.0822. The maximum absolute atomic E-state index is 11.2. The molecule has 92 valence electrons. The lowest BCUT2D eigenvalue weighted by atomic mass is 10.4. The number of hydrogen-bond donors (Lipinski definition) is 2. The first kappa shape index (κ1) is 13.1. The van der Waals surface area contributed by atoms with Crippen molar-refractivity contribution in [1.29, 1.82) is 0 Å². The van der Waals surface area contributed by atoms with E-state index in [0.717, 1.165) is 6.33 Å². The van der Waals surface area contributed by atoms with Crippen LogP contribution in [0, 0.1) is 10.1 Å². The van der Waals surface area contributed by atoms with Crippen molar-refractivity contribution in [3.63, 3.8) is 0 Å². The van der Waals surface area contributed by atoms with Gasteiger partial charge in [-0.25, -0.2) is 9.97 Å². The van der Waals surface area contributed by atoms with Crippen LogP contribution in [0.25, 0.3) is 0 Å². The highest BCUT2D eigenvalue weighted by Gasteiger charge is 2.21. The van der Waals surface area contributed by atoms with Crippen molar-refractivity contribution in [1.82, 2.24) is 15.3 Å². The number of carbonyl (C=O) groups excluding carboxylic acids is 1. The van der Waals surface area contributed by atoms with Gasteiger partial charge in [-0.15, -0.1) is 0 Å². The Hall–Kier alpha value is -1.96. The predicted molar refractivity (Wildman–Crippen MR) is 60.9 cm³/mol. The molecule has 8 nitrogen and oxygen atoms in total. The first-order chi connectivity index (χ1) is 8.06. The molecule has 1 aromatic heterocycles. The van der Waals surface area contributed by atoms with Gasteiger partial charge in [0.1, 0.15) is 6.33 Å². The molecule has 9 heteroatoms. The monoisotopic (exact) mass is 259 g/mol. The normalized spacial score (nSPS) is 9.76. The number of nitrogens with zero attached hydrogens (tertiary/aromatic N) is 3. The van der Waals surface area contributed by atoms with Crippen molar-refractivity contribution >= 4 is 29.0 Å². The van der Waals surface area contributed by atoms with E-state index in [1.165, 1.54) is 0 Å². The van der Waals surface area contributed by atoms with Gasteiger partial charge in [-0.1, -0.05) is 11.6 Å². The van der Waals surface area contributed by atoms with Crippen molar-refractivity contribution < 1.29 is 9.72 Å². The van der Waals surface area contributed by atoms with E-state index in [1.54, 1.807) is 6.92 Å². The third kappa shape index (κ3) is 3.52. The molecule has 0 saturated heterocycles. The van der Waals surface area contributed by atoms with Crippen LogP contribution in [-0.2, 0) is 4.79 Å². The Balaban J connectivity index is 2.81. The van der Waals surface area contributed by atoms with Gasteiger partial charge in [-0.2, -0.15) is 0 Å². The predicted octanol–water partition coefficient (Wildman–Crippen LogP) is 0.586. The summed E-state index contributed by atoms with van der Waals surface area (Å²) < 4.78 is 0. The summed E-state index contributed by atoms with van der Waals surface area (Å²) in [6.07, 6.45) is 1.08. The summed E-state index contributed by atoms with van der Waals surface area (Å²) in [6, 6.07) is 0. The summed E-state index contributed by atoms with van der Waals surface area (Å²) in [5.41, 5.74) is -0.446. The zero-order valence-corrected chi connectivity index (χ0v) is 9.69. The molecule has 0 aliphatic carbocycles. The van der Waals surface area contributed by atoms with Crippen LogP contribution < -0.4 is 10.6 Å². The Morgan fingerprint density at radius 3 is 2.88 bits per heavy atom. The van der Waals surface area contributed by atoms with Crippen LogP contribution >= 0.6 is 11.6 Å². The number of aromatic nitrogens is 2. The fourth-order valence-corrected chi connectivity index (χ4v) is 1.27. The van der Waals surface area contributed by atoms with Crippen molar-refractivity contribution in [2.75, 3.05) is 18.4 Å². The number of nitro groups is 1. The van der Waals surface area contributed by atoms with Crippen LogP contribution in [0.15, 0.2) is 6.33 Å². The zero-order chi connectivity index (χ0) is 12.8. The van der Waals surface area contributed by atoms with Crippen LogP contribution in [0.5, 0.6) is 0 Å². The molecule has 0 unspecified atom stereocenters. The zero-order valence-electron chi connectivity index (χ0n) is 8.94. The first-order valence-corrected chi connectivity index (χ1v) is 5.09. The smallest absolute Gasteiger partial charge is 0.348 e. The summed E-state index contributed by atoms with van der Waals surface area (Å²) in [5, 5.41) is 15.5. The van der Waals surface area contributed by atoms with E-state index in [1.807, 2.05) is 0 Å². The van der Waals surface area contributed by atoms with E-state index in [4.69, 9.17) is 11.6 Å². The van der Waals surface area contributed by atoms with Gasteiger partial charge in [0.15, 0.2) is 0 Å². The molecule has 0 atom stereocenters. The third-order valence-corrected chi connectivity index (χ3v) is 2.03. The molecular formula is C8H10ClN5O3. The van der Waals surface area contributed by atoms with E-state index in [-0.39, 0.29) is 23.4 Å². The number of nitrogens with one attached hydrogen (secondary N) is 2. The maximum Gasteiger partial charge on any atom is 0.348 e. The number of anilines is 1. The van der Waals surface area contributed by atoms with Crippen LogP contribution in [0.2, 0.25) is 5.15 Å². The van der Waals surface area contributed by atoms with Crippen molar-refractivity contribution in [3.05, 3.63) is 21.6 Å². The van der Waals surface area contributed by atoms with Crippen LogP contribution in [0.3, 0.4) is 0 Å². The second-order valence-corrected chi connectivity index (χ2v) is 3.28. The molecule has 2 N–H and O–H groups in total. The number of amides is 1. The van der Waals surface area contributed by atoms with Gasteiger partial charge in [-0.3, -0.25) is 14.9 Å². The van der Waals surface area contributed by atoms with E-state index in [9.17, 15) is 14.9 Å². The Bertz CT molecular complexity index is 439. The van der Waals surface area contributed by atoms with Gasteiger partial charge < -0.3 is 10.6 Å². The van der Waals surface area contributed by atoms with Crippen molar-refractivity contribution in [3.8, 4) is 0 Å².